The van der Waals surface area contributed by atoms with Crippen molar-refractivity contribution in [3.05, 3.63) is 29.8 Å². The van der Waals surface area contributed by atoms with Gasteiger partial charge in [0.05, 0.1) is 0 Å². The number of nitrogens with zero attached hydrogens (tertiary/aromatic N) is 3. The van der Waals surface area contributed by atoms with Gasteiger partial charge >= 0.3 is 0 Å². The number of aryl methyl sites for hydroxylation is 1. The van der Waals surface area contributed by atoms with E-state index < -0.39 is 0 Å². The molecule has 0 amide bonds. The lowest BCUT2D eigenvalue weighted by atomic mass is 10.1. The second kappa shape index (κ2) is 7.70. The number of rotatable bonds is 7. The van der Waals surface area contributed by atoms with Crippen molar-refractivity contribution in [2.24, 2.45) is 7.05 Å². The first kappa shape index (κ1) is 15.4. The van der Waals surface area contributed by atoms with Gasteiger partial charge in [0.1, 0.15) is 0 Å². The van der Waals surface area contributed by atoms with Gasteiger partial charge in [-0.25, -0.2) is 0 Å². The molecule has 1 aromatic carbocycles. The number of alkyl halides is 1. The van der Waals surface area contributed by atoms with Gasteiger partial charge in [-0.1, -0.05) is 49.4 Å². The van der Waals surface area contributed by atoms with E-state index in [-0.39, 0.29) is 0 Å². The lowest BCUT2D eigenvalue weighted by Crippen LogP contribution is -1.95. The first-order valence-electron chi connectivity index (χ1n) is 6.93. The molecule has 0 radical (unpaired) electrons. The van der Waals surface area contributed by atoms with E-state index in [1.807, 2.05) is 11.6 Å². The molecule has 0 spiro atoms. The normalized spacial score (nSPS) is 10.9. The zero-order chi connectivity index (χ0) is 14.4. The Labute approximate surface area is 129 Å². The van der Waals surface area contributed by atoms with E-state index in [2.05, 4.69) is 41.4 Å². The predicted molar refractivity (Wildman–Crippen MR) is 86.5 cm³/mol. The maximum absolute atomic E-state index is 5.69. The highest BCUT2D eigenvalue weighted by atomic mass is 35.5. The lowest BCUT2D eigenvalue weighted by molar-refractivity contribution is 0.793. The summed E-state index contributed by atoms with van der Waals surface area (Å²) in [7, 11) is 2.01. The van der Waals surface area contributed by atoms with Crippen LogP contribution in [0.2, 0.25) is 0 Å². The van der Waals surface area contributed by atoms with Crippen LogP contribution >= 0.6 is 23.4 Å². The summed E-state index contributed by atoms with van der Waals surface area (Å²) in [6.07, 6.45) is 3.28. The summed E-state index contributed by atoms with van der Waals surface area (Å²) in [6.45, 7) is 2.20. The third kappa shape index (κ3) is 3.76. The molecule has 0 saturated heterocycles. The van der Waals surface area contributed by atoms with Crippen LogP contribution < -0.4 is 0 Å². The van der Waals surface area contributed by atoms with Gasteiger partial charge in [-0.15, -0.1) is 21.8 Å². The average Bonchev–Trinajstić information content (AvgIpc) is 2.82. The molecule has 2 rings (SSSR count). The van der Waals surface area contributed by atoms with Crippen molar-refractivity contribution in [1.29, 1.82) is 0 Å². The Balaban J connectivity index is 2.12. The number of benzene rings is 1. The minimum Gasteiger partial charge on any atom is -0.305 e. The highest BCUT2D eigenvalue weighted by Crippen LogP contribution is 2.23. The number of hydrogen-bond donors (Lipinski definition) is 0. The molecule has 1 aromatic heterocycles. The summed E-state index contributed by atoms with van der Waals surface area (Å²) in [5.74, 6) is 2.59. The van der Waals surface area contributed by atoms with Crippen LogP contribution in [0.4, 0.5) is 0 Å². The minimum absolute atomic E-state index is 0.691. The molecule has 3 nitrogen and oxygen atoms in total. The average molecular weight is 310 g/mol. The van der Waals surface area contributed by atoms with E-state index >= 15 is 0 Å². The van der Waals surface area contributed by atoms with Crippen LogP contribution in [0.1, 0.15) is 25.3 Å². The molecule has 0 aliphatic rings. The SMILES string of the molecule is CCCc1ccc(-c2nnc(SCCCCl)n2C)cc1. The Kier molecular flexibility index (Phi) is 5.92. The van der Waals surface area contributed by atoms with Gasteiger partial charge in [0.25, 0.3) is 0 Å². The summed E-state index contributed by atoms with van der Waals surface area (Å²) in [4.78, 5) is 0. The Hall–Kier alpha value is -1.00. The Morgan fingerprint density at radius 3 is 2.60 bits per heavy atom. The van der Waals surface area contributed by atoms with Gasteiger partial charge in [-0.2, -0.15) is 0 Å². The Morgan fingerprint density at radius 2 is 1.95 bits per heavy atom. The van der Waals surface area contributed by atoms with E-state index in [9.17, 15) is 0 Å². The van der Waals surface area contributed by atoms with Crippen LogP contribution in [-0.4, -0.2) is 26.4 Å². The van der Waals surface area contributed by atoms with Crippen molar-refractivity contribution in [2.45, 2.75) is 31.3 Å². The summed E-state index contributed by atoms with van der Waals surface area (Å²) < 4.78 is 2.05. The fourth-order valence-electron chi connectivity index (χ4n) is 2.02. The first-order chi connectivity index (χ1) is 9.76. The zero-order valence-electron chi connectivity index (χ0n) is 12.0. The highest BCUT2D eigenvalue weighted by molar-refractivity contribution is 7.99. The largest absolute Gasteiger partial charge is 0.305 e. The van der Waals surface area contributed by atoms with Gasteiger partial charge in [-0.3, -0.25) is 0 Å². The number of aromatic nitrogens is 3. The molecule has 0 fully saturated rings. The first-order valence-corrected chi connectivity index (χ1v) is 8.45. The van der Waals surface area contributed by atoms with Crippen LogP contribution in [0.5, 0.6) is 0 Å². The number of halogens is 1. The molecule has 20 heavy (non-hydrogen) atoms. The van der Waals surface area contributed by atoms with Crippen molar-refractivity contribution in [3.63, 3.8) is 0 Å². The van der Waals surface area contributed by atoms with Gasteiger partial charge in [-0.05, 0) is 18.4 Å². The van der Waals surface area contributed by atoms with Gasteiger partial charge in [0, 0.05) is 24.2 Å². The van der Waals surface area contributed by atoms with Gasteiger partial charge in [0.15, 0.2) is 11.0 Å². The summed E-state index contributed by atoms with van der Waals surface area (Å²) >= 11 is 7.40. The minimum atomic E-state index is 0.691. The van der Waals surface area contributed by atoms with Crippen LogP contribution in [-0.2, 0) is 13.5 Å². The second-order valence-electron chi connectivity index (χ2n) is 4.70. The molecule has 2 aromatic rings. The molecular weight excluding hydrogens is 290 g/mol. The van der Waals surface area contributed by atoms with Crippen molar-refractivity contribution in [2.75, 3.05) is 11.6 Å². The monoisotopic (exact) mass is 309 g/mol. The van der Waals surface area contributed by atoms with Crippen molar-refractivity contribution < 1.29 is 0 Å². The Bertz CT molecular complexity index is 537. The van der Waals surface area contributed by atoms with Crippen LogP contribution in [0.25, 0.3) is 11.4 Å². The maximum Gasteiger partial charge on any atom is 0.191 e. The molecule has 0 unspecified atom stereocenters. The Morgan fingerprint density at radius 1 is 1.20 bits per heavy atom. The van der Waals surface area contributed by atoms with Crippen molar-refractivity contribution in [1.82, 2.24) is 14.8 Å². The second-order valence-corrected chi connectivity index (χ2v) is 6.14. The van der Waals surface area contributed by atoms with E-state index in [4.69, 9.17) is 11.6 Å². The smallest absolute Gasteiger partial charge is 0.191 e. The van der Waals surface area contributed by atoms with E-state index in [1.54, 1.807) is 11.8 Å². The van der Waals surface area contributed by atoms with Crippen LogP contribution in [0.15, 0.2) is 29.4 Å². The van der Waals surface area contributed by atoms with Gasteiger partial charge < -0.3 is 4.57 Å². The summed E-state index contributed by atoms with van der Waals surface area (Å²) in [5.41, 5.74) is 2.49. The molecule has 108 valence electrons. The maximum atomic E-state index is 5.69. The van der Waals surface area contributed by atoms with Crippen LogP contribution in [0, 0.1) is 0 Å². The molecule has 0 atom stereocenters. The van der Waals surface area contributed by atoms with Crippen molar-refractivity contribution >= 4 is 23.4 Å². The van der Waals surface area contributed by atoms with E-state index in [0.717, 1.165) is 35.1 Å². The lowest BCUT2D eigenvalue weighted by Gasteiger charge is -2.04. The predicted octanol–water partition coefficient (Wildman–Crippen LogP) is 4.16. The molecule has 0 saturated carbocycles. The number of thioether (sulfide) groups is 1. The van der Waals surface area contributed by atoms with Crippen LogP contribution in [0.3, 0.4) is 0 Å². The van der Waals surface area contributed by atoms with Gasteiger partial charge in [0.2, 0.25) is 0 Å². The molecule has 1 heterocycles. The molecule has 0 N–H and O–H groups in total. The van der Waals surface area contributed by atoms with E-state index in [1.165, 1.54) is 12.0 Å². The standard InChI is InChI=1S/C15H20ClN3S/c1-3-5-12-6-8-13(9-7-12)14-17-18-15(19(14)2)20-11-4-10-16/h6-9H,3-5,10-11H2,1-2H3. The molecule has 0 aliphatic heterocycles. The summed E-state index contributed by atoms with van der Waals surface area (Å²) in [5, 5.41) is 9.50. The fraction of sp³-hybridized carbons (Fsp3) is 0.467. The number of hydrogen-bond acceptors (Lipinski definition) is 3. The molecule has 0 aliphatic carbocycles. The quantitative estimate of drug-likeness (QED) is 0.437. The molecule has 0 bridgehead atoms. The highest BCUT2D eigenvalue weighted by Gasteiger charge is 2.10. The topological polar surface area (TPSA) is 30.7 Å². The summed E-state index contributed by atoms with van der Waals surface area (Å²) in [6, 6.07) is 8.60. The van der Waals surface area contributed by atoms with Crippen molar-refractivity contribution in [3.8, 4) is 11.4 Å². The fourth-order valence-corrected chi connectivity index (χ4v) is 3.16. The molecule has 5 heteroatoms. The van der Waals surface area contributed by atoms with E-state index in [0.29, 0.717) is 5.88 Å². The third-order valence-electron chi connectivity index (χ3n) is 3.09. The molecular formula is C15H20ClN3S. The zero-order valence-corrected chi connectivity index (χ0v) is 13.5. The third-order valence-corrected chi connectivity index (χ3v) is 4.47.